The van der Waals surface area contributed by atoms with Gasteiger partial charge in [-0.3, -0.25) is 9.98 Å². The molecule has 2 N–H and O–H groups in total. The Hall–Kier alpha value is -4.70. The van der Waals surface area contributed by atoms with Crippen LogP contribution in [0.1, 0.15) is 94.0 Å². The van der Waals surface area contributed by atoms with Crippen molar-refractivity contribution < 1.29 is 0 Å². The van der Waals surface area contributed by atoms with Crippen molar-refractivity contribution in [2.45, 2.75) is 79.1 Å². The smallest absolute Gasteiger partial charge is 0.0735 e. The van der Waals surface area contributed by atoms with Crippen molar-refractivity contribution >= 4 is 34.7 Å². The van der Waals surface area contributed by atoms with E-state index >= 15 is 0 Å². The van der Waals surface area contributed by atoms with Crippen molar-refractivity contribution in [2.24, 2.45) is 9.98 Å². The lowest BCUT2D eigenvalue weighted by Gasteiger charge is -2.20. The number of fused-ring (bicyclic) bond motifs is 14. The van der Waals surface area contributed by atoms with Crippen LogP contribution in [0, 0.1) is 13.8 Å². The number of benzene rings is 2. The van der Waals surface area contributed by atoms with Crippen LogP contribution in [0.2, 0.25) is 0 Å². The Morgan fingerprint density at radius 2 is 1.02 bits per heavy atom. The molecule has 2 aromatic heterocycles. The van der Waals surface area contributed by atoms with Gasteiger partial charge in [0.1, 0.15) is 0 Å². The fourth-order valence-electron chi connectivity index (χ4n) is 8.86. The molecular formula is C42H40N4. The fourth-order valence-corrected chi connectivity index (χ4v) is 8.86. The third kappa shape index (κ3) is 4.05. The Morgan fingerprint density at radius 3 is 1.46 bits per heavy atom. The molecule has 4 aromatic rings. The maximum atomic E-state index is 5.47. The van der Waals surface area contributed by atoms with E-state index in [0.29, 0.717) is 0 Å². The number of aryl methyl sites for hydroxylation is 2. The van der Waals surface area contributed by atoms with Gasteiger partial charge in [0, 0.05) is 46.8 Å². The topological polar surface area (TPSA) is 56.3 Å². The van der Waals surface area contributed by atoms with Crippen molar-refractivity contribution in [2.75, 3.05) is 0 Å². The van der Waals surface area contributed by atoms with Crippen molar-refractivity contribution in [1.29, 1.82) is 0 Å². The molecule has 0 radical (unpaired) electrons. The van der Waals surface area contributed by atoms with E-state index in [1.807, 2.05) is 0 Å². The highest BCUT2D eigenvalue weighted by atomic mass is 14.9. The standard InChI is InChI=1S/C42H40N4/c1-5-27-23(3)33-19-39-42-30-14-10-8-12-26(30)16-18-32(42)38(46-39)22-36-28(6-2)24(4)34(44-36)20-40-41-29-13-9-7-11-25(29)15-17-31(41)37(45-40)21-35(27)43-33/h7-14,19-20,43-44H,5-6,15-18,21-22H2,1-4H3/b39-19-,40-20-. The summed E-state index contributed by atoms with van der Waals surface area (Å²) in [6.45, 7) is 9.12. The minimum atomic E-state index is 0.812. The van der Waals surface area contributed by atoms with Gasteiger partial charge in [-0.25, -0.2) is 0 Å². The van der Waals surface area contributed by atoms with Gasteiger partial charge in [0.2, 0.25) is 0 Å². The molecule has 9 rings (SSSR count). The molecule has 4 heteroatoms. The first-order chi connectivity index (χ1) is 22.5. The molecule has 0 saturated carbocycles. The zero-order valence-electron chi connectivity index (χ0n) is 27.3. The van der Waals surface area contributed by atoms with Gasteiger partial charge in [0.05, 0.1) is 22.8 Å². The third-order valence-electron chi connectivity index (χ3n) is 11.2. The number of nitrogens with zero attached hydrogens (tertiary/aromatic N) is 2. The number of nitrogens with one attached hydrogen (secondary N) is 2. The van der Waals surface area contributed by atoms with Crippen LogP contribution in [0.3, 0.4) is 0 Å². The first-order valence-electron chi connectivity index (χ1n) is 17.2. The highest BCUT2D eigenvalue weighted by Gasteiger charge is 2.33. The Morgan fingerprint density at radius 1 is 0.587 bits per heavy atom. The summed E-state index contributed by atoms with van der Waals surface area (Å²) in [5.41, 5.74) is 26.1. The number of hydrogen-bond donors (Lipinski definition) is 2. The van der Waals surface area contributed by atoms with Crippen molar-refractivity contribution in [3.8, 4) is 0 Å². The molecule has 8 bridgehead atoms. The molecule has 0 saturated heterocycles. The van der Waals surface area contributed by atoms with Crippen molar-refractivity contribution in [1.82, 2.24) is 9.97 Å². The summed E-state index contributed by atoms with van der Waals surface area (Å²) in [5.74, 6) is 0. The Bertz CT molecular complexity index is 2030. The van der Waals surface area contributed by atoms with Gasteiger partial charge in [0.25, 0.3) is 0 Å². The average molecular weight is 601 g/mol. The number of allylic oxidation sites excluding steroid dienone is 4. The lowest BCUT2D eigenvalue weighted by molar-refractivity contribution is 0.950. The highest BCUT2D eigenvalue weighted by Crippen LogP contribution is 2.45. The summed E-state index contributed by atoms with van der Waals surface area (Å²) in [7, 11) is 0. The largest absolute Gasteiger partial charge is 0.358 e. The molecule has 0 atom stereocenters. The van der Waals surface area contributed by atoms with Crippen LogP contribution in [-0.4, -0.2) is 21.4 Å². The molecule has 2 aliphatic carbocycles. The van der Waals surface area contributed by atoms with Gasteiger partial charge in [-0.05, 0) is 120 Å². The number of H-pyrrole nitrogens is 2. The Kier molecular flexibility index (Phi) is 6.25. The molecule has 3 aliphatic heterocycles. The fraction of sp³-hybridized carbons (Fsp3) is 0.286. The van der Waals surface area contributed by atoms with Gasteiger partial charge in [-0.15, -0.1) is 0 Å². The van der Waals surface area contributed by atoms with Crippen molar-refractivity contribution in [3.63, 3.8) is 0 Å². The van der Waals surface area contributed by atoms with Crippen molar-refractivity contribution in [3.05, 3.63) is 138 Å². The van der Waals surface area contributed by atoms with E-state index in [1.54, 1.807) is 0 Å². The van der Waals surface area contributed by atoms with Crippen LogP contribution in [0.25, 0.3) is 23.3 Å². The molecule has 4 nitrogen and oxygen atoms in total. The van der Waals surface area contributed by atoms with Crippen LogP contribution in [-0.2, 0) is 38.5 Å². The number of rotatable bonds is 2. The molecule has 2 aromatic carbocycles. The first-order valence-corrected chi connectivity index (χ1v) is 17.2. The summed E-state index contributed by atoms with van der Waals surface area (Å²) in [6, 6.07) is 17.9. The number of aromatic amines is 2. The van der Waals surface area contributed by atoms with Crippen LogP contribution in [0.5, 0.6) is 0 Å². The third-order valence-corrected chi connectivity index (χ3v) is 11.2. The number of hydrogen-bond acceptors (Lipinski definition) is 2. The maximum Gasteiger partial charge on any atom is 0.0735 e. The van der Waals surface area contributed by atoms with Crippen LogP contribution < -0.4 is 0 Å². The zero-order chi connectivity index (χ0) is 31.1. The highest BCUT2D eigenvalue weighted by molar-refractivity contribution is 6.17. The lowest BCUT2D eigenvalue weighted by atomic mass is 9.83. The molecule has 5 aliphatic rings. The van der Waals surface area contributed by atoms with E-state index in [0.717, 1.165) is 62.8 Å². The van der Waals surface area contributed by atoms with Gasteiger partial charge < -0.3 is 9.97 Å². The van der Waals surface area contributed by atoms with E-state index in [2.05, 4.69) is 98.3 Å². The second-order valence-electron chi connectivity index (χ2n) is 13.5. The lowest BCUT2D eigenvalue weighted by Crippen LogP contribution is -2.11. The monoisotopic (exact) mass is 600 g/mol. The summed E-state index contributed by atoms with van der Waals surface area (Å²) in [4.78, 5) is 18.8. The second-order valence-corrected chi connectivity index (χ2v) is 13.5. The molecule has 228 valence electrons. The average Bonchev–Trinajstić information content (AvgIpc) is 3.78. The number of aromatic nitrogens is 2. The molecule has 5 heterocycles. The quantitative estimate of drug-likeness (QED) is 0.230. The molecule has 0 unspecified atom stereocenters. The minimum Gasteiger partial charge on any atom is -0.358 e. The summed E-state index contributed by atoms with van der Waals surface area (Å²) in [6.07, 6.45) is 12.5. The molecule has 0 spiro atoms. The van der Waals surface area contributed by atoms with Crippen LogP contribution in [0.4, 0.5) is 0 Å². The van der Waals surface area contributed by atoms with E-state index in [-0.39, 0.29) is 0 Å². The normalized spacial score (nSPS) is 20.3. The SMILES string of the molecule is CCc1c2[nH]c(c1C)/C=C1\N=C(Cc3[nH]c(c(C)c3CC)/C=C3\N=C(C2)C2=C3c3ccccc3CC2)C2=C1c1ccccc1CC2. The molecule has 46 heavy (non-hydrogen) atoms. The minimum absolute atomic E-state index is 0.812. The first kappa shape index (κ1) is 27.6. The second kappa shape index (κ2) is 10.4. The number of aliphatic imine (C=N–C) groups is 2. The van der Waals surface area contributed by atoms with E-state index < -0.39 is 0 Å². The van der Waals surface area contributed by atoms with E-state index in [9.17, 15) is 0 Å². The van der Waals surface area contributed by atoms with Gasteiger partial charge in [0.15, 0.2) is 0 Å². The van der Waals surface area contributed by atoms with Gasteiger partial charge in [-0.2, -0.15) is 0 Å². The zero-order valence-corrected chi connectivity index (χ0v) is 27.3. The van der Waals surface area contributed by atoms with Crippen LogP contribution >= 0.6 is 0 Å². The van der Waals surface area contributed by atoms with E-state index in [1.165, 1.54) is 101 Å². The summed E-state index contributed by atoms with van der Waals surface area (Å²) >= 11 is 0. The summed E-state index contributed by atoms with van der Waals surface area (Å²) in [5, 5.41) is 0. The predicted octanol–water partition coefficient (Wildman–Crippen LogP) is 9.27. The molecule has 0 fully saturated rings. The maximum absolute atomic E-state index is 5.47. The van der Waals surface area contributed by atoms with Gasteiger partial charge >= 0.3 is 0 Å². The summed E-state index contributed by atoms with van der Waals surface area (Å²) < 4.78 is 0. The Labute approximate surface area is 271 Å². The Balaban J connectivity index is 1.29. The molecule has 0 amide bonds. The van der Waals surface area contributed by atoms with Crippen LogP contribution in [0.15, 0.2) is 81.1 Å². The predicted molar refractivity (Wildman–Crippen MR) is 191 cm³/mol. The molecular weight excluding hydrogens is 560 g/mol. The van der Waals surface area contributed by atoms with Gasteiger partial charge in [-0.1, -0.05) is 62.4 Å². The van der Waals surface area contributed by atoms with E-state index in [4.69, 9.17) is 9.98 Å².